The molecule has 0 unspecified atom stereocenters. The van der Waals surface area contributed by atoms with E-state index in [1.807, 2.05) is 49.4 Å². The van der Waals surface area contributed by atoms with E-state index in [0.29, 0.717) is 11.5 Å². The van der Waals surface area contributed by atoms with Crippen LogP contribution in [0, 0.1) is 6.92 Å². The molecule has 0 aromatic heterocycles. The largest absolute Gasteiger partial charge is 0.389 e. The summed E-state index contributed by atoms with van der Waals surface area (Å²) in [7, 11) is 0. The predicted molar refractivity (Wildman–Crippen MR) is 85.8 cm³/mol. The van der Waals surface area contributed by atoms with E-state index in [4.69, 9.17) is 29.6 Å². The zero-order valence-corrected chi connectivity index (χ0v) is 12.2. The van der Waals surface area contributed by atoms with Crippen LogP contribution in [0.4, 0.5) is 5.69 Å². The van der Waals surface area contributed by atoms with Crippen LogP contribution >= 0.6 is 23.8 Å². The van der Waals surface area contributed by atoms with E-state index < -0.39 is 0 Å². The van der Waals surface area contributed by atoms with Crippen molar-refractivity contribution in [2.24, 2.45) is 5.73 Å². The van der Waals surface area contributed by atoms with Crippen LogP contribution in [0.15, 0.2) is 42.5 Å². The number of halogens is 1. The minimum Gasteiger partial charge on any atom is -0.389 e. The molecule has 0 radical (unpaired) electrons. The minimum absolute atomic E-state index is 0.401. The van der Waals surface area contributed by atoms with Crippen molar-refractivity contribution in [3.05, 3.63) is 64.2 Å². The van der Waals surface area contributed by atoms with Gasteiger partial charge in [0.25, 0.3) is 0 Å². The molecule has 4 heteroatoms. The van der Waals surface area contributed by atoms with Gasteiger partial charge in [-0.05, 0) is 42.3 Å². The molecule has 2 aromatic carbocycles. The van der Waals surface area contributed by atoms with Gasteiger partial charge < -0.3 is 11.1 Å². The van der Waals surface area contributed by atoms with Crippen LogP contribution in [-0.2, 0) is 6.54 Å². The van der Waals surface area contributed by atoms with Crippen molar-refractivity contribution in [1.82, 2.24) is 0 Å². The van der Waals surface area contributed by atoms with E-state index in [2.05, 4.69) is 5.32 Å². The van der Waals surface area contributed by atoms with Crippen molar-refractivity contribution in [1.29, 1.82) is 0 Å². The minimum atomic E-state index is 0.401. The lowest BCUT2D eigenvalue weighted by molar-refractivity contribution is 1.14. The maximum Gasteiger partial charge on any atom is 0.106 e. The molecule has 2 aromatic rings. The smallest absolute Gasteiger partial charge is 0.106 e. The number of benzene rings is 2. The highest BCUT2D eigenvalue weighted by Crippen LogP contribution is 2.19. The number of anilines is 1. The third kappa shape index (κ3) is 3.69. The highest BCUT2D eigenvalue weighted by Gasteiger charge is 2.05. The van der Waals surface area contributed by atoms with Crippen molar-refractivity contribution in [3.63, 3.8) is 0 Å². The first-order valence-electron chi connectivity index (χ1n) is 5.95. The van der Waals surface area contributed by atoms with E-state index in [-0.39, 0.29) is 0 Å². The van der Waals surface area contributed by atoms with Crippen LogP contribution in [0.2, 0.25) is 5.02 Å². The SMILES string of the molecule is Cc1ccc(C(N)=S)c(NCc2ccc(Cl)cc2)c1. The van der Waals surface area contributed by atoms with Gasteiger partial charge in [0.2, 0.25) is 0 Å². The molecule has 2 rings (SSSR count). The van der Waals surface area contributed by atoms with Gasteiger partial charge in [-0.15, -0.1) is 0 Å². The Morgan fingerprint density at radius 3 is 2.53 bits per heavy atom. The maximum atomic E-state index is 5.86. The average molecular weight is 291 g/mol. The van der Waals surface area contributed by atoms with Crippen molar-refractivity contribution in [2.45, 2.75) is 13.5 Å². The average Bonchev–Trinajstić information content (AvgIpc) is 2.38. The predicted octanol–water partition coefficient (Wildman–Crippen LogP) is 3.89. The summed E-state index contributed by atoms with van der Waals surface area (Å²) in [6, 6.07) is 13.7. The highest BCUT2D eigenvalue weighted by molar-refractivity contribution is 7.80. The molecule has 0 amide bonds. The molecular weight excluding hydrogens is 276 g/mol. The molecular formula is C15H15ClN2S. The lowest BCUT2D eigenvalue weighted by atomic mass is 10.1. The molecule has 0 aliphatic heterocycles. The lowest BCUT2D eigenvalue weighted by Crippen LogP contribution is -2.13. The number of nitrogens with two attached hydrogens (primary N) is 1. The van der Waals surface area contributed by atoms with E-state index in [1.54, 1.807) is 0 Å². The zero-order valence-electron chi connectivity index (χ0n) is 10.6. The maximum absolute atomic E-state index is 5.86. The lowest BCUT2D eigenvalue weighted by Gasteiger charge is -2.12. The number of nitrogens with one attached hydrogen (secondary N) is 1. The van der Waals surface area contributed by atoms with Gasteiger partial charge in [0.1, 0.15) is 4.99 Å². The Kier molecular flexibility index (Phi) is 4.40. The second-order valence-corrected chi connectivity index (χ2v) is 5.27. The first-order valence-corrected chi connectivity index (χ1v) is 6.73. The summed E-state index contributed by atoms with van der Waals surface area (Å²) in [5.74, 6) is 0. The zero-order chi connectivity index (χ0) is 13.8. The Morgan fingerprint density at radius 2 is 1.89 bits per heavy atom. The molecule has 0 aliphatic carbocycles. The summed E-state index contributed by atoms with van der Waals surface area (Å²) in [5, 5.41) is 4.10. The van der Waals surface area contributed by atoms with E-state index in [9.17, 15) is 0 Å². The topological polar surface area (TPSA) is 38.0 Å². The Bertz CT molecular complexity index is 594. The summed E-state index contributed by atoms with van der Waals surface area (Å²) in [6.07, 6.45) is 0. The molecule has 0 spiro atoms. The van der Waals surface area contributed by atoms with Gasteiger partial charge in [-0.1, -0.05) is 42.0 Å². The fourth-order valence-electron chi connectivity index (χ4n) is 1.82. The van der Waals surface area contributed by atoms with Crippen molar-refractivity contribution >= 4 is 34.5 Å². The Labute approximate surface area is 123 Å². The van der Waals surface area contributed by atoms with Crippen LogP contribution in [0.25, 0.3) is 0 Å². The molecule has 3 N–H and O–H groups in total. The van der Waals surface area contributed by atoms with Gasteiger partial charge in [0.05, 0.1) is 0 Å². The van der Waals surface area contributed by atoms with Gasteiger partial charge in [0.15, 0.2) is 0 Å². The van der Waals surface area contributed by atoms with Crippen LogP contribution in [0.1, 0.15) is 16.7 Å². The fourth-order valence-corrected chi connectivity index (χ4v) is 2.12. The first kappa shape index (κ1) is 13.8. The van der Waals surface area contributed by atoms with Crippen LogP contribution < -0.4 is 11.1 Å². The molecule has 0 atom stereocenters. The highest BCUT2D eigenvalue weighted by atomic mass is 35.5. The molecule has 98 valence electrons. The Balaban J connectivity index is 2.16. The van der Waals surface area contributed by atoms with E-state index in [1.165, 1.54) is 5.56 Å². The normalized spacial score (nSPS) is 10.2. The summed E-state index contributed by atoms with van der Waals surface area (Å²) in [6.45, 7) is 2.74. The summed E-state index contributed by atoms with van der Waals surface area (Å²) >= 11 is 10.9. The van der Waals surface area contributed by atoms with Crippen LogP contribution in [0.5, 0.6) is 0 Å². The van der Waals surface area contributed by atoms with Crippen LogP contribution in [-0.4, -0.2) is 4.99 Å². The number of aryl methyl sites for hydroxylation is 1. The van der Waals surface area contributed by atoms with E-state index in [0.717, 1.165) is 21.8 Å². The van der Waals surface area contributed by atoms with Crippen molar-refractivity contribution < 1.29 is 0 Å². The molecule has 0 bridgehead atoms. The quantitative estimate of drug-likeness (QED) is 0.839. The van der Waals surface area contributed by atoms with Crippen molar-refractivity contribution in [2.75, 3.05) is 5.32 Å². The van der Waals surface area contributed by atoms with Gasteiger partial charge in [-0.25, -0.2) is 0 Å². The molecule has 2 nitrogen and oxygen atoms in total. The van der Waals surface area contributed by atoms with E-state index >= 15 is 0 Å². The number of thiocarbonyl (C=S) groups is 1. The summed E-state index contributed by atoms with van der Waals surface area (Å²) in [5.41, 5.74) is 9.88. The van der Waals surface area contributed by atoms with Gasteiger partial charge in [-0.2, -0.15) is 0 Å². The number of hydrogen-bond donors (Lipinski definition) is 2. The van der Waals surface area contributed by atoms with Gasteiger partial charge in [0, 0.05) is 22.8 Å². The molecule has 0 saturated carbocycles. The summed E-state index contributed by atoms with van der Waals surface area (Å²) < 4.78 is 0. The standard InChI is InChI=1S/C15H15ClN2S/c1-10-2-7-13(15(17)19)14(8-10)18-9-11-3-5-12(16)6-4-11/h2-8,18H,9H2,1H3,(H2,17,19). The second kappa shape index (κ2) is 6.04. The third-order valence-corrected chi connectivity index (χ3v) is 3.31. The second-order valence-electron chi connectivity index (χ2n) is 4.39. The Morgan fingerprint density at radius 1 is 1.21 bits per heavy atom. The Hall–Kier alpha value is -1.58. The van der Waals surface area contributed by atoms with Gasteiger partial charge in [-0.3, -0.25) is 0 Å². The van der Waals surface area contributed by atoms with Crippen LogP contribution in [0.3, 0.4) is 0 Å². The van der Waals surface area contributed by atoms with Gasteiger partial charge >= 0.3 is 0 Å². The molecule has 0 heterocycles. The first-order chi connectivity index (χ1) is 9.06. The third-order valence-electron chi connectivity index (χ3n) is 2.84. The summed E-state index contributed by atoms with van der Waals surface area (Å²) in [4.78, 5) is 0.401. The number of rotatable bonds is 4. The molecule has 0 aliphatic rings. The molecule has 0 saturated heterocycles. The van der Waals surface area contributed by atoms with Crippen molar-refractivity contribution in [3.8, 4) is 0 Å². The fraction of sp³-hybridized carbons (Fsp3) is 0.133. The molecule has 0 fully saturated rings. The number of hydrogen-bond acceptors (Lipinski definition) is 2. The molecule has 19 heavy (non-hydrogen) atoms. The monoisotopic (exact) mass is 290 g/mol.